The first-order valence-electron chi connectivity index (χ1n) is 3.61. The second-order valence-corrected chi connectivity index (χ2v) is 3.38. The Morgan fingerprint density at radius 3 is 3.00 bits per heavy atom. The summed E-state index contributed by atoms with van der Waals surface area (Å²) in [5, 5.41) is 7.52. The molecule has 2 aromatic rings. The van der Waals surface area contributed by atoms with E-state index in [-0.39, 0.29) is 5.88 Å². The zero-order valence-corrected chi connectivity index (χ0v) is 7.40. The van der Waals surface area contributed by atoms with Crippen LogP contribution in [0.1, 0.15) is 0 Å². The summed E-state index contributed by atoms with van der Waals surface area (Å²) in [6.07, 6.45) is 0. The van der Waals surface area contributed by atoms with E-state index < -0.39 is 11.1 Å². The minimum absolute atomic E-state index is 0.152. The maximum Gasteiger partial charge on any atom is 0.113 e. The molecule has 0 fully saturated rings. The van der Waals surface area contributed by atoms with E-state index in [0.29, 0.717) is 5.52 Å². The van der Waals surface area contributed by atoms with Crippen molar-refractivity contribution < 1.29 is 8.76 Å². The lowest BCUT2D eigenvalue weighted by molar-refractivity contribution is 0.520. The van der Waals surface area contributed by atoms with Crippen LogP contribution in [0.15, 0.2) is 24.3 Å². The topological polar surface area (TPSA) is 70.8 Å². The predicted octanol–water partition coefficient (Wildman–Crippen LogP) is 0.268. The molecule has 1 aromatic heterocycles. The third-order valence-electron chi connectivity index (χ3n) is 1.65. The monoisotopic (exact) mass is 196 g/mol. The first-order valence-corrected chi connectivity index (χ1v) is 4.86. The molecule has 0 saturated heterocycles. The van der Waals surface area contributed by atoms with Crippen LogP contribution in [0.2, 0.25) is 0 Å². The molecule has 0 aliphatic heterocycles. The largest absolute Gasteiger partial charge is 0.771 e. The van der Waals surface area contributed by atoms with Crippen molar-refractivity contribution in [2.45, 2.75) is 5.88 Å². The van der Waals surface area contributed by atoms with Gasteiger partial charge in [0.05, 0.1) is 5.52 Å². The number of nitrogens with zero attached hydrogens (tertiary/aromatic N) is 3. The molecule has 0 saturated carbocycles. The van der Waals surface area contributed by atoms with Gasteiger partial charge >= 0.3 is 0 Å². The van der Waals surface area contributed by atoms with Crippen molar-refractivity contribution in [2.24, 2.45) is 0 Å². The Morgan fingerprint density at radius 1 is 1.46 bits per heavy atom. The van der Waals surface area contributed by atoms with Crippen molar-refractivity contribution in [3.8, 4) is 0 Å². The smallest absolute Gasteiger partial charge is 0.113 e. The van der Waals surface area contributed by atoms with Crippen molar-refractivity contribution in [2.75, 3.05) is 0 Å². The van der Waals surface area contributed by atoms with Crippen LogP contribution in [0.5, 0.6) is 0 Å². The first kappa shape index (κ1) is 8.33. The molecule has 0 N–H and O–H groups in total. The highest BCUT2D eigenvalue weighted by molar-refractivity contribution is 7.78. The average molecular weight is 196 g/mol. The molecule has 13 heavy (non-hydrogen) atoms. The van der Waals surface area contributed by atoms with E-state index in [2.05, 4.69) is 10.3 Å². The Balaban J connectivity index is 2.51. The van der Waals surface area contributed by atoms with Gasteiger partial charge in [-0.2, -0.15) is 0 Å². The van der Waals surface area contributed by atoms with Crippen LogP contribution < -0.4 is 0 Å². The van der Waals surface area contributed by atoms with Gasteiger partial charge in [-0.1, -0.05) is 17.3 Å². The highest BCUT2D eigenvalue weighted by Crippen LogP contribution is 2.09. The Morgan fingerprint density at radius 2 is 2.23 bits per heavy atom. The lowest BCUT2D eigenvalue weighted by Crippen LogP contribution is -2.05. The van der Waals surface area contributed by atoms with Crippen LogP contribution in [0.25, 0.3) is 11.0 Å². The first-order chi connectivity index (χ1) is 6.27. The number of para-hydroxylation sites is 1. The number of rotatable bonds is 2. The molecule has 1 atom stereocenters. The lowest BCUT2D eigenvalue weighted by Gasteiger charge is -2.04. The Labute approximate surface area is 76.7 Å². The van der Waals surface area contributed by atoms with Gasteiger partial charge in [0.25, 0.3) is 0 Å². The minimum Gasteiger partial charge on any atom is -0.771 e. The molecule has 0 aliphatic rings. The third kappa shape index (κ3) is 1.58. The number of hydrogen-bond donors (Lipinski definition) is 0. The number of fused-ring (bicyclic) bond motifs is 1. The molecule has 0 radical (unpaired) electrons. The van der Waals surface area contributed by atoms with Gasteiger partial charge in [0.2, 0.25) is 0 Å². The van der Waals surface area contributed by atoms with Crippen LogP contribution in [0.4, 0.5) is 0 Å². The fraction of sp³-hybridized carbons (Fsp3) is 0.143. The highest BCUT2D eigenvalue weighted by atomic mass is 32.2. The predicted molar refractivity (Wildman–Crippen MR) is 46.4 cm³/mol. The van der Waals surface area contributed by atoms with Crippen molar-refractivity contribution in [1.29, 1.82) is 0 Å². The zero-order chi connectivity index (χ0) is 9.26. The van der Waals surface area contributed by atoms with E-state index in [1.54, 1.807) is 12.1 Å². The molecule has 1 unspecified atom stereocenters. The fourth-order valence-corrected chi connectivity index (χ4v) is 1.50. The van der Waals surface area contributed by atoms with E-state index in [1.165, 1.54) is 4.68 Å². The van der Waals surface area contributed by atoms with Gasteiger partial charge in [-0.15, -0.1) is 5.10 Å². The average Bonchev–Trinajstić information content (AvgIpc) is 2.48. The van der Waals surface area contributed by atoms with E-state index in [1.807, 2.05) is 12.1 Å². The molecule has 5 nitrogen and oxygen atoms in total. The quantitative estimate of drug-likeness (QED) is 0.646. The standard InChI is InChI=1S/C7H7N3O2S/c11-13(12)5-10-7-4-2-1-3-6(7)8-9-10/h1-4H,5H2,(H,11,12)/p-1. The van der Waals surface area contributed by atoms with E-state index >= 15 is 0 Å². The number of benzene rings is 1. The maximum absolute atomic E-state index is 10.4. The molecular weight excluding hydrogens is 190 g/mol. The summed E-state index contributed by atoms with van der Waals surface area (Å²) in [5.41, 5.74) is 1.43. The molecule has 6 heteroatoms. The molecule has 2 rings (SSSR count). The van der Waals surface area contributed by atoms with Crippen LogP contribution in [-0.4, -0.2) is 23.8 Å². The molecule has 0 bridgehead atoms. The summed E-state index contributed by atoms with van der Waals surface area (Å²) >= 11 is -2.14. The molecular formula is C7H6N3O2S-. The zero-order valence-electron chi connectivity index (χ0n) is 6.58. The van der Waals surface area contributed by atoms with Crippen molar-refractivity contribution in [3.05, 3.63) is 24.3 Å². The molecule has 68 valence electrons. The van der Waals surface area contributed by atoms with Gasteiger partial charge in [-0.3, -0.25) is 4.21 Å². The second kappa shape index (κ2) is 3.23. The van der Waals surface area contributed by atoms with Crippen molar-refractivity contribution >= 4 is 22.1 Å². The van der Waals surface area contributed by atoms with Gasteiger partial charge in [-0.25, -0.2) is 4.68 Å². The summed E-state index contributed by atoms with van der Waals surface area (Å²) < 4.78 is 22.2. The molecule has 0 aliphatic carbocycles. The SMILES string of the molecule is O=S([O-])Cn1nnc2ccccc21. The van der Waals surface area contributed by atoms with Gasteiger partial charge in [0.15, 0.2) is 0 Å². The maximum atomic E-state index is 10.4. The minimum atomic E-state index is -2.14. The van der Waals surface area contributed by atoms with Gasteiger partial charge < -0.3 is 4.55 Å². The van der Waals surface area contributed by atoms with E-state index in [9.17, 15) is 8.76 Å². The molecule has 1 heterocycles. The summed E-state index contributed by atoms with van der Waals surface area (Å²) in [6, 6.07) is 7.21. The Bertz CT molecular complexity index is 454. The van der Waals surface area contributed by atoms with Crippen molar-refractivity contribution in [3.63, 3.8) is 0 Å². The van der Waals surface area contributed by atoms with Crippen LogP contribution in [0, 0.1) is 0 Å². The van der Waals surface area contributed by atoms with E-state index in [4.69, 9.17) is 0 Å². The van der Waals surface area contributed by atoms with Crippen LogP contribution >= 0.6 is 0 Å². The fourth-order valence-electron chi connectivity index (χ4n) is 1.11. The number of aromatic nitrogens is 3. The Kier molecular flexibility index (Phi) is 2.07. The molecule has 1 aromatic carbocycles. The number of hydrogen-bond acceptors (Lipinski definition) is 4. The Hall–Kier alpha value is -1.27. The van der Waals surface area contributed by atoms with Gasteiger partial charge in [-0.05, 0) is 23.2 Å². The third-order valence-corrected chi connectivity index (χ3v) is 2.10. The molecule has 0 spiro atoms. The van der Waals surface area contributed by atoms with Gasteiger partial charge in [0, 0.05) is 0 Å². The summed E-state index contributed by atoms with van der Waals surface area (Å²) in [5.74, 6) is -0.152. The lowest BCUT2D eigenvalue weighted by atomic mass is 10.3. The van der Waals surface area contributed by atoms with Gasteiger partial charge in [0.1, 0.15) is 11.4 Å². The normalized spacial score (nSPS) is 13.3. The summed E-state index contributed by atoms with van der Waals surface area (Å²) in [6.45, 7) is 0. The summed E-state index contributed by atoms with van der Waals surface area (Å²) in [7, 11) is 0. The van der Waals surface area contributed by atoms with Crippen LogP contribution in [-0.2, 0) is 17.0 Å². The second-order valence-electron chi connectivity index (χ2n) is 2.51. The van der Waals surface area contributed by atoms with Crippen molar-refractivity contribution in [1.82, 2.24) is 15.0 Å². The van der Waals surface area contributed by atoms with Crippen LogP contribution in [0.3, 0.4) is 0 Å². The summed E-state index contributed by atoms with van der Waals surface area (Å²) in [4.78, 5) is 0. The highest BCUT2D eigenvalue weighted by Gasteiger charge is 2.01. The molecule has 0 amide bonds. The van der Waals surface area contributed by atoms with E-state index in [0.717, 1.165) is 5.52 Å².